The van der Waals surface area contributed by atoms with Gasteiger partial charge in [0.25, 0.3) is 0 Å². The summed E-state index contributed by atoms with van der Waals surface area (Å²) < 4.78 is 36.2. The standard InChI is InChI=1S/C13H9F2I5O4/c1-3(2)10(13(14,15)12(22)23)24-11(21)4-5(16)7(18)9(20)8(19)6(4)17/h3,10H,1-2H3,(H,22,23)/p-1. The molecule has 0 saturated heterocycles. The maximum atomic E-state index is 13.8. The Bertz CT molecular complexity index is 664. The fraction of sp³-hybridized carbons (Fsp3) is 0.385. The predicted octanol–water partition coefficient (Wildman–Crippen LogP) is 4.28. The molecule has 0 spiro atoms. The summed E-state index contributed by atoms with van der Waals surface area (Å²) in [6.45, 7) is 2.71. The lowest BCUT2D eigenvalue weighted by Gasteiger charge is -2.30. The minimum atomic E-state index is -4.27. The molecule has 0 aromatic heterocycles. The first kappa shape index (κ1) is 23.7. The molecular formula is C13H8F2I5O4-. The van der Waals surface area contributed by atoms with Crippen LogP contribution in [-0.4, -0.2) is 24.0 Å². The van der Waals surface area contributed by atoms with Crippen LogP contribution in [0.4, 0.5) is 8.78 Å². The minimum Gasteiger partial charge on any atom is -0.544 e. The van der Waals surface area contributed by atoms with Gasteiger partial charge in [0.15, 0.2) is 6.10 Å². The molecule has 24 heavy (non-hydrogen) atoms. The molecule has 0 saturated carbocycles. The molecule has 0 amide bonds. The van der Waals surface area contributed by atoms with Crippen LogP contribution < -0.4 is 5.11 Å². The number of alkyl halides is 2. The highest BCUT2D eigenvalue weighted by atomic mass is 127. The summed E-state index contributed by atoms with van der Waals surface area (Å²) in [5.41, 5.74) is 0.158. The van der Waals surface area contributed by atoms with E-state index in [-0.39, 0.29) is 5.56 Å². The Kier molecular flexibility index (Phi) is 9.13. The lowest BCUT2D eigenvalue weighted by molar-refractivity contribution is -0.337. The van der Waals surface area contributed by atoms with Gasteiger partial charge in [-0.25, -0.2) is 4.79 Å². The maximum absolute atomic E-state index is 13.8. The second kappa shape index (κ2) is 9.24. The third kappa shape index (κ3) is 4.93. The quantitative estimate of drug-likeness (QED) is 0.192. The van der Waals surface area contributed by atoms with Gasteiger partial charge in [-0.05, 0) is 119 Å². The van der Waals surface area contributed by atoms with E-state index in [9.17, 15) is 23.5 Å². The maximum Gasteiger partial charge on any atom is 0.340 e. The average Bonchev–Trinajstić information content (AvgIpc) is 2.48. The van der Waals surface area contributed by atoms with Crippen molar-refractivity contribution in [2.24, 2.45) is 5.92 Å². The molecular weight excluding hydrogens is 893 g/mol. The van der Waals surface area contributed by atoms with Gasteiger partial charge in [0.1, 0.15) is 5.97 Å². The van der Waals surface area contributed by atoms with Crippen LogP contribution in [0.25, 0.3) is 0 Å². The van der Waals surface area contributed by atoms with Crippen molar-refractivity contribution in [3.63, 3.8) is 0 Å². The van der Waals surface area contributed by atoms with Crippen molar-refractivity contribution in [3.05, 3.63) is 23.4 Å². The SMILES string of the molecule is CC(C)C(OC(=O)c1c(I)c(I)c(I)c(I)c1I)C(F)(F)C(=O)[O-]. The van der Waals surface area contributed by atoms with Crippen LogP contribution in [0.2, 0.25) is 0 Å². The molecule has 134 valence electrons. The second-order valence-corrected chi connectivity index (χ2v) is 10.3. The predicted molar refractivity (Wildman–Crippen MR) is 124 cm³/mol. The van der Waals surface area contributed by atoms with Crippen molar-refractivity contribution in [1.82, 2.24) is 0 Å². The summed E-state index contributed by atoms with van der Waals surface area (Å²) in [4.78, 5) is 23.2. The van der Waals surface area contributed by atoms with Gasteiger partial charge >= 0.3 is 11.9 Å². The Morgan fingerprint density at radius 1 is 0.958 bits per heavy atom. The first-order valence-electron chi connectivity index (χ1n) is 6.15. The third-order valence-electron chi connectivity index (χ3n) is 2.88. The summed E-state index contributed by atoms with van der Waals surface area (Å²) >= 11 is 10.2. The van der Waals surface area contributed by atoms with E-state index in [1.54, 1.807) is 0 Å². The summed E-state index contributed by atoms with van der Waals surface area (Å²) in [6.07, 6.45) is -2.11. The Hall–Kier alpha value is 1.67. The van der Waals surface area contributed by atoms with E-state index >= 15 is 0 Å². The topological polar surface area (TPSA) is 66.4 Å². The molecule has 1 aromatic rings. The summed E-state index contributed by atoms with van der Waals surface area (Å²) in [6, 6.07) is 0. The molecule has 0 heterocycles. The van der Waals surface area contributed by atoms with Crippen LogP contribution in [0, 0.1) is 23.8 Å². The van der Waals surface area contributed by atoms with Crippen LogP contribution in [0.15, 0.2) is 0 Å². The van der Waals surface area contributed by atoms with Gasteiger partial charge in [-0.1, -0.05) is 13.8 Å². The number of carbonyl (C=O) groups is 2. The van der Waals surface area contributed by atoms with E-state index in [4.69, 9.17) is 4.74 Å². The van der Waals surface area contributed by atoms with E-state index in [0.29, 0.717) is 7.14 Å². The van der Waals surface area contributed by atoms with Gasteiger partial charge in [-0.2, -0.15) is 8.78 Å². The van der Waals surface area contributed by atoms with Gasteiger partial charge in [0.05, 0.1) is 5.56 Å². The number of halogens is 7. The molecule has 0 aliphatic carbocycles. The Morgan fingerprint density at radius 2 is 1.33 bits per heavy atom. The number of benzene rings is 1. The average molecular weight is 901 g/mol. The number of carboxylic acids is 1. The van der Waals surface area contributed by atoms with Crippen LogP contribution in [0.3, 0.4) is 0 Å². The molecule has 0 radical (unpaired) electrons. The highest BCUT2D eigenvalue weighted by Crippen LogP contribution is 2.35. The monoisotopic (exact) mass is 901 g/mol. The van der Waals surface area contributed by atoms with Gasteiger partial charge in [0.2, 0.25) is 0 Å². The number of rotatable bonds is 5. The van der Waals surface area contributed by atoms with E-state index in [1.165, 1.54) is 13.8 Å². The number of carbonyl (C=O) groups excluding carboxylic acids is 2. The van der Waals surface area contributed by atoms with Crippen molar-refractivity contribution < 1.29 is 28.2 Å². The summed E-state index contributed by atoms with van der Waals surface area (Å²) in [5.74, 6) is -8.72. The molecule has 1 atom stereocenters. The Labute approximate surface area is 205 Å². The van der Waals surface area contributed by atoms with Crippen molar-refractivity contribution in [1.29, 1.82) is 0 Å². The zero-order valence-electron chi connectivity index (χ0n) is 11.9. The normalized spacial score (nSPS) is 13.1. The Morgan fingerprint density at radius 3 is 1.67 bits per heavy atom. The molecule has 1 rings (SSSR count). The fourth-order valence-corrected chi connectivity index (χ4v) is 6.90. The number of hydrogen-bond donors (Lipinski definition) is 0. The number of hydrogen-bond acceptors (Lipinski definition) is 4. The molecule has 4 nitrogen and oxygen atoms in total. The first-order chi connectivity index (χ1) is 10.8. The molecule has 1 aromatic carbocycles. The zero-order chi connectivity index (χ0) is 19.0. The van der Waals surface area contributed by atoms with E-state index in [0.717, 1.165) is 10.7 Å². The van der Waals surface area contributed by atoms with Crippen molar-refractivity contribution >= 4 is 125 Å². The smallest absolute Gasteiger partial charge is 0.340 e. The van der Waals surface area contributed by atoms with Gasteiger partial charge in [-0.15, -0.1) is 0 Å². The molecule has 0 aliphatic heterocycles. The summed E-state index contributed by atoms with van der Waals surface area (Å²) in [5, 5.41) is 10.7. The van der Waals surface area contributed by atoms with E-state index in [1.807, 2.05) is 45.2 Å². The molecule has 1 unspecified atom stereocenters. The first-order valence-corrected chi connectivity index (χ1v) is 11.5. The number of aliphatic carboxylic acids is 1. The zero-order valence-corrected chi connectivity index (χ0v) is 22.7. The third-order valence-corrected chi connectivity index (χ3v) is 12.4. The van der Waals surface area contributed by atoms with Gasteiger partial charge < -0.3 is 14.6 Å². The Balaban J connectivity index is 3.36. The molecule has 0 fully saturated rings. The van der Waals surface area contributed by atoms with Crippen LogP contribution in [-0.2, 0) is 9.53 Å². The second-order valence-electron chi connectivity index (χ2n) is 4.93. The highest BCUT2D eigenvalue weighted by molar-refractivity contribution is 14.1. The number of carboxylic acid groups (broad SMARTS) is 1. The lowest BCUT2D eigenvalue weighted by atomic mass is 10.0. The largest absolute Gasteiger partial charge is 0.544 e. The van der Waals surface area contributed by atoms with Gasteiger partial charge in [0, 0.05) is 17.9 Å². The molecule has 0 bridgehead atoms. The van der Waals surface area contributed by atoms with Crippen molar-refractivity contribution in [2.75, 3.05) is 0 Å². The van der Waals surface area contributed by atoms with Crippen LogP contribution >= 0.6 is 113 Å². The molecule has 0 N–H and O–H groups in total. The summed E-state index contributed by atoms with van der Waals surface area (Å²) in [7, 11) is 0. The molecule has 0 aliphatic rings. The van der Waals surface area contributed by atoms with Gasteiger partial charge in [-0.3, -0.25) is 0 Å². The minimum absolute atomic E-state index is 0.158. The van der Waals surface area contributed by atoms with E-state index in [2.05, 4.69) is 67.8 Å². The van der Waals surface area contributed by atoms with Crippen LogP contribution in [0.5, 0.6) is 0 Å². The molecule has 11 heteroatoms. The van der Waals surface area contributed by atoms with Crippen molar-refractivity contribution in [2.45, 2.75) is 25.9 Å². The number of ether oxygens (including phenoxy) is 1. The lowest BCUT2D eigenvalue weighted by Crippen LogP contribution is -2.53. The number of esters is 1. The van der Waals surface area contributed by atoms with Crippen molar-refractivity contribution in [3.8, 4) is 0 Å². The van der Waals surface area contributed by atoms with E-state index < -0.39 is 29.9 Å². The fourth-order valence-electron chi connectivity index (χ4n) is 1.70. The van der Waals surface area contributed by atoms with Crippen LogP contribution in [0.1, 0.15) is 24.2 Å². The highest BCUT2D eigenvalue weighted by Gasteiger charge is 2.46.